The quantitative estimate of drug-likeness (QED) is 0.759. The lowest BCUT2D eigenvalue weighted by Crippen LogP contribution is -2.17. The van der Waals surface area contributed by atoms with Gasteiger partial charge in [0.15, 0.2) is 5.78 Å². The molecule has 0 bridgehead atoms. The molecule has 1 unspecified atom stereocenters. The highest BCUT2D eigenvalue weighted by Crippen LogP contribution is 2.12. The van der Waals surface area contributed by atoms with E-state index >= 15 is 0 Å². The molecular weight excluding hydrogens is 180 g/mol. The van der Waals surface area contributed by atoms with Gasteiger partial charge in [0.2, 0.25) is 0 Å². The predicted octanol–water partition coefficient (Wildman–Crippen LogP) is 1.27. The van der Waals surface area contributed by atoms with Gasteiger partial charge in [0, 0.05) is 0 Å². The minimum Gasteiger partial charge on any atom is -0.508 e. The second-order valence-electron chi connectivity index (χ2n) is 3.33. The lowest BCUT2D eigenvalue weighted by Gasteiger charge is -2.06. The number of Topliss-reactive ketones (excluding diaryl/α,β-unsaturated/α-hetero) is 1. The lowest BCUT2D eigenvalue weighted by molar-refractivity contribution is -0.125. The van der Waals surface area contributed by atoms with Crippen molar-refractivity contribution in [2.24, 2.45) is 0 Å². The van der Waals surface area contributed by atoms with Gasteiger partial charge in [-0.15, -0.1) is 0 Å². The van der Waals surface area contributed by atoms with E-state index in [0.717, 1.165) is 5.56 Å². The van der Waals surface area contributed by atoms with Gasteiger partial charge in [-0.05, 0) is 37.5 Å². The zero-order valence-corrected chi connectivity index (χ0v) is 8.10. The van der Waals surface area contributed by atoms with Crippen LogP contribution in [0.5, 0.6) is 5.75 Å². The Morgan fingerprint density at radius 3 is 2.43 bits per heavy atom. The summed E-state index contributed by atoms with van der Waals surface area (Å²) in [5.41, 5.74) is 1.00. The highest BCUT2D eigenvalue weighted by molar-refractivity contribution is 5.80. The summed E-state index contributed by atoms with van der Waals surface area (Å²) in [6.07, 6.45) is 0.199. The topological polar surface area (TPSA) is 57.5 Å². The number of carbonyl (C=O) groups is 1. The molecule has 0 spiro atoms. The Labute approximate surface area is 83.0 Å². The van der Waals surface area contributed by atoms with E-state index in [1.165, 1.54) is 6.92 Å². The first-order valence-electron chi connectivity index (χ1n) is 4.56. The number of aliphatic hydroxyl groups excluding tert-OH is 1. The molecule has 0 aliphatic rings. The summed E-state index contributed by atoms with van der Waals surface area (Å²) in [6, 6.07) is 6.75. The van der Waals surface area contributed by atoms with Gasteiger partial charge in [0.1, 0.15) is 11.9 Å². The van der Waals surface area contributed by atoms with Crippen LogP contribution in [-0.2, 0) is 11.2 Å². The number of carbonyl (C=O) groups excluding carboxylic acids is 1. The van der Waals surface area contributed by atoms with Crippen molar-refractivity contribution in [2.45, 2.75) is 25.9 Å². The summed E-state index contributed by atoms with van der Waals surface area (Å²) in [7, 11) is 0. The Morgan fingerprint density at radius 2 is 1.93 bits per heavy atom. The highest BCUT2D eigenvalue weighted by atomic mass is 16.3. The fraction of sp³-hybridized carbons (Fsp3) is 0.364. The summed E-state index contributed by atoms with van der Waals surface area (Å²) in [4.78, 5) is 10.7. The van der Waals surface area contributed by atoms with E-state index in [-0.39, 0.29) is 11.5 Å². The summed E-state index contributed by atoms with van der Waals surface area (Å²) < 4.78 is 0. The molecule has 1 rings (SSSR count). The van der Waals surface area contributed by atoms with E-state index in [2.05, 4.69) is 0 Å². The number of ketones is 1. The predicted molar refractivity (Wildman–Crippen MR) is 53.1 cm³/mol. The van der Waals surface area contributed by atoms with E-state index in [4.69, 9.17) is 5.11 Å². The highest BCUT2D eigenvalue weighted by Gasteiger charge is 2.08. The van der Waals surface area contributed by atoms with Crippen LogP contribution in [-0.4, -0.2) is 22.1 Å². The Hall–Kier alpha value is -1.35. The van der Waals surface area contributed by atoms with Crippen molar-refractivity contribution in [3.8, 4) is 5.75 Å². The van der Waals surface area contributed by atoms with Crippen LogP contribution in [0, 0.1) is 0 Å². The van der Waals surface area contributed by atoms with E-state index in [9.17, 15) is 9.90 Å². The number of aryl methyl sites for hydroxylation is 1. The number of benzene rings is 1. The van der Waals surface area contributed by atoms with Gasteiger partial charge in [0.05, 0.1) is 0 Å². The molecule has 0 aliphatic heterocycles. The molecule has 0 amide bonds. The number of rotatable bonds is 4. The molecule has 3 nitrogen and oxygen atoms in total. The van der Waals surface area contributed by atoms with Gasteiger partial charge in [-0.2, -0.15) is 0 Å². The molecule has 0 aliphatic carbocycles. The molecule has 0 saturated carbocycles. The van der Waals surface area contributed by atoms with Gasteiger partial charge in [-0.25, -0.2) is 0 Å². The standard InChI is InChI=1S/C11H14O3/c1-8(12)11(14)7-4-9-2-5-10(13)6-3-9/h2-3,5-6,11,13-14H,4,7H2,1H3. The Morgan fingerprint density at radius 1 is 1.36 bits per heavy atom. The van der Waals surface area contributed by atoms with Gasteiger partial charge in [-0.3, -0.25) is 4.79 Å². The van der Waals surface area contributed by atoms with E-state index in [1.807, 2.05) is 0 Å². The number of aliphatic hydroxyl groups is 1. The maximum Gasteiger partial charge on any atom is 0.158 e. The van der Waals surface area contributed by atoms with Crippen LogP contribution in [0.2, 0.25) is 0 Å². The third kappa shape index (κ3) is 3.18. The molecule has 0 saturated heterocycles. The Balaban J connectivity index is 2.46. The largest absolute Gasteiger partial charge is 0.508 e. The van der Waals surface area contributed by atoms with Crippen molar-refractivity contribution in [3.63, 3.8) is 0 Å². The maximum absolute atomic E-state index is 10.7. The first-order chi connectivity index (χ1) is 6.59. The van der Waals surface area contributed by atoms with Crippen molar-refractivity contribution < 1.29 is 15.0 Å². The monoisotopic (exact) mass is 194 g/mol. The summed E-state index contributed by atoms with van der Waals surface area (Å²) in [6.45, 7) is 1.38. The second-order valence-corrected chi connectivity index (χ2v) is 3.33. The summed E-state index contributed by atoms with van der Waals surface area (Å²) in [5.74, 6) is 0.0182. The fourth-order valence-electron chi connectivity index (χ4n) is 1.17. The normalized spacial score (nSPS) is 12.4. The number of aromatic hydroxyl groups is 1. The molecule has 76 valence electrons. The summed E-state index contributed by atoms with van der Waals surface area (Å²) in [5, 5.41) is 18.3. The molecule has 0 heterocycles. The van der Waals surface area contributed by atoms with Crippen molar-refractivity contribution in [2.75, 3.05) is 0 Å². The molecule has 1 aromatic rings. The van der Waals surface area contributed by atoms with Gasteiger partial charge < -0.3 is 10.2 Å². The molecule has 14 heavy (non-hydrogen) atoms. The summed E-state index contributed by atoms with van der Waals surface area (Å²) >= 11 is 0. The van der Waals surface area contributed by atoms with E-state index < -0.39 is 6.10 Å². The van der Waals surface area contributed by atoms with Crippen LogP contribution in [0.4, 0.5) is 0 Å². The van der Waals surface area contributed by atoms with Crippen molar-refractivity contribution in [1.82, 2.24) is 0 Å². The van der Waals surface area contributed by atoms with Crippen LogP contribution >= 0.6 is 0 Å². The molecular formula is C11H14O3. The first kappa shape index (κ1) is 10.7. The zero-order chi connectivity index (χ0) is 10.6. The number of phenols is 1. The average Bonchev–Trinajstić information content (AvgIpc) is 2.16. The lowest BCUT2D eigenvalue weighted by atomic mass is 10.1. The van der Waals surface area contributed by atoms with Crippen molar-refractivity contribution >= 4 is 5.78 Å². The van der Waals surface area contributed by atoms with Gasteiger partial charge in [0.25, 0.3) is 0 Å². The zero-order valence-electron chi connectivity index (χ0n) is 8.10. The van der Waals surface area contributed by atoms with Crippen LogP contribution in [0.3, 0.4) is 0 Å². The number of hydrogen-bond donors (Lipinski definition) is 2. The van der Waals surface area contributed by atoms with Crippen molar-refractivity contribution in [3.05, 3.63) is 29.8 Å². The second kappa shape index (κ2) is 4.77. The minimum absolute atomic E-state index is 0.205. The molecule has 0 fully saturated rings. The molecule has 1 aromatic carbocycles. The fourth-order valence-corrected chi connectivity index (χ4v) is 1.17. The van der Waals surface area contributed by atoms with Crippen molar-refractivity contribution in [1.29, 1.82) is 0 Å². The SMILES string of the molecule is CC(=O)C(O)CCc1ccc(O)cc1. The smallest absolute Gasteiger partial charge is 0.158 e. The van der Waals surface area contributed by atoms with Crippen LogP contribution in [0.1, 0.15) is 18.9 Å². The molecule has 3 heteroatoms. The third-order valence-electron chi connectivity index (χ3n) is 2.11. The van der Waals surface area contributed by atoms with E-state index in [0.29, 0.717) is 12.8 Å². The molecule has 0 radical (unpaired) electrons. The molecule has 0 aromatic heterocycles. The van der Waals surface area contributed by atoms with Gasteiger partial charge in [-0.1, -0.05) is 12.1 Å². The first-order valence-corrected chi connectivity index (χ1v) is 4.56. The maximum atomic E-state index is 10.7. The average molecular weight is 194 g/mol. The van der Waals surface area contributed by atoms with Crippen LogP contribution < -0.4 is 0 Å². The Kier molecular flexibility index (Phi) is 3.65. The Bertz CT molecular complexity index is 303. The number of phenolic OH excluding ortho intramolecular Hbond substituents is 1. The van der Waals surface area contributed by atoms with E-state index in [1.54, 1.807) is 24.3 Å². The van der Waals surface area contributed by atoms with Crippen LogP contribution in [0.25, 0.3) is 0 Å². The molecule has 1 atom stereocenters. The third-order valence-corrected chi connectivity index (χ3v) is 2.11. The minimum atomic E-state index is -0.871. The van der Waals surface area contributed by atoms with Crippen LogP contribution in [0.15, 0.2) is 24.3 Å². The number of hydrogen-bond acceptors (Lipinski definition) is 3. The van der Waals surface area contributed by atoms with Gasteiger partial charge >= 0.3 is 0 Å². The molecule has 2 N–H and O–H groups in total.